The summed E-state index contributed by atoms with van der Waals surface area (Å²) >= 11 is 1.71. The van der Waals surface area contributed by atoms with Gasteiger partial charge in [0.15, 0.2) is 5.82 Å². The van der Waals surface area contributed by atoms with E-state index >= 15 is 0 Å². The van der Waals surface area contributed by atoms with E-state index in [1.165, 1.54) is 17.3 Å². The van der Waals surface area contributed by atoms with Crippen molar-refractivity contribution in [2.24, 2.45) is 11.7 Å². The lowest BCUT2D eigenvalue weighted by Gasteiger charge is -2.18. The largest absolute Gasteiger partial charge is 0.495 e. The Morgan fingerprint density at radius 2 is 2.17 bits per heavy atom. The molecule has 2 atom stereocenters. The van der Waals surface area contributed by atoms with E-state index in [2.05, 4.69) is 46.2 Å². The van der Waals surface area contributed by atoms with E-state index in [0.29, 0.717) is 11.7 Å². The van der Waals surface area contributed by atoms with Crippen molar-refractivity contribution < 1.29 is 4.74 Å². The third kappa shape index (κ3) is 2.64. The van der Waals surface area contributed by atoms with Crippen molar-refractivity contribution in [2.45, 2.75) is 25.4 Å². The SMILES string of the molecule is COc1cc(C)cc2cc(-c3cc(CN4CC5CC5(N)C4)n4ncnc(N)c34)sc12. The monoisotopic (exact) mass is 420 g/mol. The molecular formula is C22H24N6OS. The molecule has 4 aromatic rings. The van der Waals surface area contributed by atoms with Crippen LogP contribution in [0, 0.1) is 12.8 Å². The van der Waals surface area contributed by atoms with Crippen molar-refractivity contribution in [3.8, 4) is 16.2 Å². The number of hydrogen-bond donors (Lipinski definition) is 2. The number of fused-ring (bicyclic) bond motifs is 3. The quantitative estimate of drug-likeness (QED) is 0.527. The summed E-state index contributed by atoms with van der Waals surface area (Å²) in [7, 11) is 1.72. The van der Waals surface area contributed by atoms with E-state index in [1.54, 1.807) is 18.4 Å². The first-order chi connectivity index (χ1) is 14.4. The summed E-state index contributed by atoms with van der Waals surface area (Å²) in [6.45, 7) is 4.89. The predicted molar refractivity (Wildman–Crippen MR) is 120 cm³/mol. The van der Waals surface area contributed by atoms with Crippen LogP contribution in [0.15, 0.2) is 30.6 Å². The summed E-state index contributed by atoms with van der Waals surface area (Å²) < 4.78 is 8.70. The minimum atomic E-state index is 0.0315. The van der Waals surface area contributed by atoms with Crippen molar-refractivity contribution in [1.29, 1.82) is 0 Å². The molecule has 2 aliphatic rings. The molecule has 3 aromatic heterocycles. The average molecular weight is 421 g/mol. The Morgan fingerprint density at radius 1 is 1.30 bits per heavy atom. The fourth-order valence-corrected chi connectivity index (χ4v) is 6.11. The summed E-state index contributed by atoms with van der Waals surface area (Å²) in [5, 5.41) is 5.70. The number of nitrogens with zero attached hydrogens (tertiary/aromatic N) is 4. The van der Waals surface area contributed by atoms with E-state index in [-0.39, 0.29) is 5.54 Å². The number of methoxy groups -OCH3 is 1. The normalized spacial score (nSPS) is 23.4. The Balaban J connectivity index is 1.47. The number of benzene rings is 1. The molecule has 8 heteroatoms. The Labute approximate surface area is 178 Å². The molecule has 0 bridgehead atoms. The second-order valence-electron chi connectivity index (χ2n) is 8.76. The van der Waals surface area contributed by atoms with E-state index in [9.17, 15) is 0 Å². The molecular weight excluding hydrogens is 396 g/mol. The van der Waals surface area contributed by atoms with Crippen LogP contribution in [0.5, 0.6) is 5.75 Å². The Hall–Kier alpha value is -2.68. The van der Waals surface area contributed by atoms with Crippen LogP contribution in [0.25, 0.3) is 26.0 Å². The summed E-state index contributed by atoms with van der Waals surface area (Å²) in [6, 6.07) is 8.68. The van der Waals surface area contributed by atoms with Crippen LogP contribution in [-0.2, 0) is 6.54 Å². The zero-order valence-electron chi connectivity index (χ0n) is 17.1. The smallest absolute Gasteiger partial charge is 0.152 e. The summed E-state index contributed by atoms with van der Waals surface area (Å²) in [5.74, 6) is 2.03. The topological polar surface area (TPSA) is 94.7 Å². The molecule has 1 aliphatic heterocycles. The number of piperidine rings is 1. The number of ether oxygens (including phenoxy) is 1. The van der Waals surface area contributed by atoms with Gasteiger partial charge in [0.1, 0.15) is 17.6 Å². The van der Waals surface area contributed by atoms with Gasteiger partial charge >= 0.3 is 0 Å². The predicted octanol–water partition coefficient (Wildman–Crippen LogP) is 3.04. The third-order valence-electron chi connectivity index (χ3n) is 6.53. The van der Waals surface area contributed by atoms with Crippen LogP contribution < -0.4 is 16.2 Å². The van der Waals surface area contributed by atoms with Gasteiger partial charge in [-0.25, -0.2) is 9.50 Å². The maximum atomic E-state index is 6.41. The van der Waals surface area contributed by atoms with Crippen molar-refractivity contribution in [3.63, 3.8) is 0 Å². The maximum absolute atomic E-state index is 6.41. The molecule has 2 unspecified atom stereocenters. The number of hydrogen-bond acceptors (Lipinski definition) is 7. The zero-order valence-corrected chi connectivity index (χ0v) is 17.9. The molecule has 1 saturated carbocycles. The lowest BCUT2D eigenvalue weighted by atomic mass is 10.1. The average Bonchev–Trinajstić information content (AvgIpc) is 3.07. The molecule has 4 heterocycles. The zero-order chi connectivity index (χ0) is 20.6. The second kappa shape index (κ2) is 6.16. The van der Waals surface area contributed by atoms with Crippen LogP contribution in [-0.4, -0.2) is 45.2 Å². The minimum absolute atomic E-state index is 0.0315. The number of thiophene rings is 1. The Bertz CT molecular complexity index is 1310. The molecule has 0 radical (unpaired) electrons. The van der Waals surface area contributed by atoms with Gasteiger partial charge in [0, 0.05) is 35.6 Å². The first kappa shape index (κ1) is 18.1. The van der Waals surface area contributed by atoms with E-state index < -0.39 is 0 Å². The summed E-state index contributed by atoms with van der Waals surface area (Å²) in [5.41, 5.74) is 17.0. The highest BCUT2D eigenvalue weighted by Gasteiger charge is 2.57. The molecule has 0 spiro atoms. The minimum Gasteiger partial charge on any atom is -0.495 e. The summed E-state index contributed by atoms with van der Waals surface area (Å²) in [6.07, 6.45) is 2.68. The number of nitrogen functional groups attached to an aromatic ring is 1. The van der Waals surface area contributed by atoms with Gasteiger partial charge < -0.3 is 16.2 Å². The third-order valence-corrected chi connectivity index (χ3v) is 7.73. The lowest BCUT2D eigenvalue weighted by molar-refractivity contribution is 0.285. The van der Waals surface area contributed by atoms with E-state index in [4.69, 9.17) is 16.2 Å². The van der Waals surface area contributed by atoms with Gasteiger partial charge in [0.05, 0.1) is 17.5 Å². The molecule has 1 aromatic carbocycles. The fraction of sp³-hybridized carbons (Fsp3) is 0.364. The number of anilines is 1. The number of nitrogens with two attached hydrogens (primary N) is 2. The van der Waals surface area contributed by atoms with Crippen molar-refractivity contribution in [2.75, 3.05) is 25.9 Å². The van der Waals surface area contributed by atoms with Crippen LogP contribution >= 0.6 is 11.3 Å². The van der Waals surface area contributed by atoms with Crippen LogP contribution in [0.1, 0.15) is 17.7 Å². The van der Waals surface area contributed by atoms with Gasteiger partial charge in [-0.2, -0.15) is 5.10 Å². The molecule has 7 nitrogen and oxygen atoms in total. The van der Waals surface area contributed by atoms with Crippen LogP contribution in [0.2, 0.25) is 0 Å². The maximum Gasteiger partial charge on any atom is 0.152 e. The Morgan fingerprint density at radius 3 is 2.93 bits per heavy atom. The van der Waals surface area contributed by atoms with Gasteiger partial charge in [-0.3, -0.25) is 4.90 Å². The molecule has 1 aliphatic carbocycles. The van der Waals surface area contributed by atoms with Gasteiger partial charge in [0.25, 0.3) is 0 Å². The molecule has 4 N–H and O–H groups in total. The van der Waals surface area contributed by atoms with E-state index in [0.717, 1.165) is 58.2 Å². The molecule has 1 saturated heterocycles. The molecule has 30 heavy (non-hydrogen) atoms. The fourth-order valence-electron chi connectivity index (χ4n) is 4.96. The lowest BCUT2D eigenvalue weighted by Crippen LogP contribution is -2.33. The van der Waals surface area contributed by atoms with E-state index in [1.807, 2.05) is 4.52 Å². The standard InChI is InChI=1S/C22H24N6OS/c1-12-3-13-5-18(30-20(13)17(4-12)29-2)16-6-15(28-19(16)21(23)25-11-26-28)9-27-8-14-7-22(14,24)10-27/h3-6,11,14H,7-10,24H2,1-2H3,(H2,23,25,26). The number of likely N-dealkylation sites (tertiary alicyclic amines) is 1. The van der Waals surface area contributed by atoms with Gasteiger partial charge in [-0.05, 0) is 48.4 Å². The highest BCUT2D eigenvalue weighted by atomic mass is 32.1. The molecule has 6 rings (SSSR count). The van der Waals surface area contributed by atoms with Gasteiger partial charge in [-0.1, -0.05) is 6.07 Å². The summed E-state index contributed by atoms with van der Waals surface area (Å²) in [4.78, 5) is 7.83. The van der Waals surface area contributed by atoms with Crippen molar-refractivity contribution >= 4 is 32.8 Å². The molecule has 154 valence electrons. The first-order valence-electron chi connectivity index (χ1n) is 10.2. The number of aromatic nitrogens is 3. The molecule has 0 amide bonds. The number of rotatable bonds is 4. The van der Waals surface area contributed by atoms with Crippen LogP contribution in [0.4, 0.5) is 5.82 Å². The number of aryl methyl sites for hydroxylation is 1. The van der Waals surface area contributed by atoms with Gasteiger partial charge in [-0.15, -0.1) is 11.3 Å². The Kier molecular flexibility index (Phi) is 3.72. The highest BCUT2D eigenvalue weighted by Crippen LogP contribution is 2.48. The molecule has 2 fully saturated rings. The first-order valence-corrected chi connectivity index (χ1v) is 11.0. The second-order valence-corrected chi connectivity index (χ2v) is 9.81. The highest BCUT2D eigenvalue weighted by molar-refractivity contribution is 7.22. The van der Waals surface area contributed by atoms with Crippen molar-refractivity contribution in [1.82, 2.24) is 19.5 Å². The van der Waals surface area contributed by atoms with Crippen molar-refractivity contribution in [3.05, 3.63) is 41.9 Å². The van der Waals surface area contributed by atoms with Gasteiger partial charge in [0.2, 0.25) is 0 Å². The van der Waals surface area contributed by atoms with Crippen LogP contribution in [0.3, 0.4) is 0 Å².